The molecule has 3 aromatic carbocycles. The highest BCUT2D eigenvalue weighted by atomic mass is 16.5. The summed E-state index contributed by atoms with van der Waals surface area (Å²) in [5.74, 6) is 0.965. The van der Waals surface area contributed by atoms with E-state index in [-0.39, 0.29) is 17.6 Å². The zero-order chi connectivity index (χ0) is 18.8. The number of aromatic hydroxyl groups is 1. The molecule has 4 rings (SSSR count). The second kappa shape index (κ2) is 7.31. The van der Waals surface area contributed by atoms with Crippen LogP contribution >= 0.6 is 0 Å². The number of amides is 1. The summed E-state index contributed by atoms with van der Waals surface area (Å²) in [6.45, 7) is 2.81. The number of hydrogen-bond acceptors (Lipinski definition) is 3. The van der Waals surface area contributed by atoms with Crippen LogP contribution in [0.2, 0.25) is 0 Å². The summed E-state index contributed by atoms with van der Waals surface area (Å²) < 4.78 is 6.02. The van der Waals surface area contributed by atoms with Gasteiger partial charge in [-0.15, -0.1) is 0 Å². The van der Waals surface area contributed by atoms with Gasteiger partial charge in [0.05, 0.1) is 12.3 Å². The molecule has 2 N–H and O–H groups in total. The van der Waals surface area contributed by atoms with Crippen LogP contribution in [-0.4, -0.2) is 17.6 Å². The lowest BCUT2D eigenvalue weighted by molar-refractivity contribution is -0.116. The number of phenols is 1. The van der Waals surface area contributed by atoms with Crippen LogP contribution in [0.15, 0.2) is 54.6 Å². The van der Waals surface area contributed by atoms with Crippen molar-refractivity contribution in [3.05, 3.63) is 65.7 Å². The predicted molar refractivity (Wildman–Crippen MR) is 108 cm³/mol. The average molecular weight is 361 g/mol. The molecule has 0 fully saturated rings. The third kappa shape index (κ3) is 3.23. The molecule has 4 heteroatoms. The van der Waals surface area contributed by atoms with E-state index in [0.717, 1.165) is 46.2 Å². The molecule has 3 aromatic rings. The minimum atomic E-state index is -0.0710. The van der Waals surface area contributed by atoms with Crippen LogP contribution in [-0.2, 0) is 4.79 Å². The second-order valence-corrected chi connectivity index (χ2v) is 6.95. The fourth-order valence-corrected chi connectivity index (χ4v) is 3.78. The summed E-state index contributed by atoms with van der Waals surface area (Å²) in [6, 6.07) is 17.3. The molecule has 0 spiro atoms. The first-order chi connectivity index (χ1) is 13.2. The zero-order valence-corrected chi connectivity index (χ0v) is 15.4. The van der Waals surface area contributed by atoms with Crippen molar-refractivity contribution in [1.29, 1.82) is 0 Å². The Morgan fingerprint density at radius 2 is 1.89 bits per heavy atom. The number of nitrogens with one attached hydrogen (secondary N) is 1. The molecule has 1 amide bonds. The standard InChI is InChI=1S/C23H23NO3/c1-2-3-13-27-21-10-5-4-7-16(21)19-14-22(26)24-23-17-8-6-9-20(25)15(17)11-12-18(19)23/h4-12,19,25H,2-3,13-14H2,1H3,(H,24,26). The highest BCUT2D eigenvalue weighted by Crippen LogP contribution is 2.44. The van der Waals surface area contributed by atoms with Crippen molar-refractivity contribution in [2.45, 2.75) is 32.1 Å². The van der Waals surface area contributed by atoms with Crippen LogP contribution in [0.3, 0.4) is 0 Å². The van der Waals surface area contributed by atoms with E-state index in [0.29, 0.717) is 13.0 Å². The SMILES string of the molecule is CCCCOc1ccccc1C1CC(=O)Nc2c1ccc1c(O)cccc21. The Morgan fingerprint density at radius 1 is 1.04 bits per heavy atom. The summed E-state index contributed by atoms with van der Waals surface area (Å²) in [5.41, 5.74) is 2.87. The summed E-state index contributed by atoms with van der Waals surface area (Å²) in [6.07, 6.45) is 2.46. The zero-order valence-electron chi connectivity index (χ0n) is 15.4. The van der Waals surface area contributed by atoms with Crippen molar-refractivity contribution >= 4 is 22.4 Å². The number of carbonyl (C=O) groups excluding carboxylic acids is 1. The molecule has 0 saturated carbocycles. The molecule has 1 aliphatic heterocycles. The molecule has 1 atom stereocenters. The first-order valence-electron chi connectivity index (χ1n) is 9.45. The maximum Gasteiger partial charge on any atom is 0.225 e. The normalized spacial score (nSPS) is 16.0. The lowest BCUT2D eigenvalue weighted by Gasteiger charge is -2.28. The van der Waals surface area contributed by atoms with Crippen molar-refractivity contribution in [2.75, 3.05) is 11.9 Å². The van der Waals surface area contributed by atoms with Crippen LogP contribution < -0.4 is 10.1 Å². The Hall–Kier alpha value is -3.01. The highest BCUT2D eigenvalue weighted by molar-refractivity contribution is 6.07. The summed E-state index contributed by atoms with van der Waals surface area (Å²) in [7, 11) is 0. The third-order valence-corrected chi connectivity index (χ3v) is 5.15. The summed E-state index contributed by atoms with van der Waals surface area (Å²) in [5, 5.41) is 14.8. The third-order valence-electron chi connectivity index (χ3n) is 5.15. The van der Waals surface area contributed by atoms with Crippen LogP contribution in [0.1, 0.15) is 43.2 Å². The minimum Gasteiger partial charge on any atom is -0.507 e. The second-order valence-electron chi connectivity index (χ2n) is 6.95. The molecule has 0 radical (unpaired) electrons. The van der Waals surface area contributed by atoms with Gasteiger partial charge in [-0.3, -0.25) is 4.79 Å². The molecule has 1 heterocycles. The minimum absolute atomic E-state index is 0.0216. The van der Waals surface area contributed by atoms with Gasteiger partial charge in [0, 0.05) is 28.7 Å². The van der Waals surface area contributed by atoms with Gasteiger partial charge in [0.2, 0.25) is 5.91 Å². The fraction of sp³-hybridized carbons (Fsp3) is 0.261. The van der Waals surface area contributed by atoms with Gasteiger partial charge >= 0.3 is 0 Å². The van der Waals surface area contributed by atoms with Gasteiger partial charge in [0.1, 0.15) is 11.5 Å². The lowest BCUT2D eigenvalue weighted by atomic mass is 9.83. The number of rotatable bonds is 5. The van der Waals surface area contributed by atoms with E-state index in [1.807, 2.05) is 42.5 Å². The number of hydrogen-bond donors (Lipinski definition) is 2. The highest BCUT2D eigenvalue weighted by Gasteiger charge is 2.29. The predicted octanol–water partition coefficient (Wildman–Crippen LogP) is 5.20. The summed E-state index contributed by atoms with van der Waals surface area (Å²) >= 11 is 0. The Kier molecular flexibility index (Phi) is 4.71. The van der Waals surface area contributed by atoms with Crippen LogP contribution in [0.5, 0.6) is 11.5 Å². The van der Waals surface area contributed by atoms with E-state index >= 15 is 0 Å². The quantitative estimate of drug-likeness (QED) is 0.614. The number of phenolic OH excluding ortho intramolecular Hbond substituents is 1. The van der Waals surface area contributed by atoms with Gasteiger partial charge in [0.15, 0.2) is 0 Å². The molecule has 27 heavy (non-hydrogen) atoms. The van der Waals surface area contributed by atoms with Crippen LogP contribution in [0.4, 0.5) is 5.69 Å². The van der Waals surface area contributed by atoms with E-state index in [2.05, 4.69) is 12.2 Å². The maximum absolute atomic E-state index is 12.5. The number of carbonyl (C=O) groups is 1. The van der Waals surface area contributed by atoms with E-state index in [1.165, 1.54) is 0 Å². The number of anilines is 1. The Balaban J connectivity index is 1.82. The van der Waals surface area contributed by atoms with Gasteiger partial charge in [-0.25, -0.2) is 0 Å². The Labute approximate surface area is 158 Å². The Bertz CT molecular complexity index is 996. The van der Waals surface area contributed by atoms with Crippen LogP contribution in [0.25, 0.3) is 10.8 Å². The first kappa shape index (κ1) is 17.4. The molecule has 1 unspecified atom stereocenters. The molecule has 0 aliphatic carbocycles. The fourth-order valence-electron chi connectivity index (χ4n) is 3.78. The Morgan fingerprint density at radius 3 is 2.74 bits per heavy atom. The van der Waals surface area contributed by atoms with Crippen LogP contribution in [0, 0.1) is 0 Å². The van der Waals surface area contributed by atoms with E-state index in [1.54, 1.807) is 12.1 Å². The van der Waals surface area contributed by atoms with Gasteiger partial charge in [0.25, 0.3) is 0 Å². The van der Waals surface area contributed by atoms with E-state index in [9.17, 15) is 9.90 Å². The topological polar surface area (TPSA) is 58.6 Å². The van der Waals surface area contributed by atoms with E-state index < -0.39 is 0 Å². The monoisotopic (exact) mass is 361 g/mol. The molecule has 1 aliphatic rings. The van der Waals surface area contributed by atoms with Crippen molar-refractivity contribution in [2.24, 2.45) is 0 Å². The summed E-state index contributed by atoms with van der Waals surface area (Å²) in [4.78, 5) is 12.5. The molecular weight excluding hydrogens is 338 g/mol. The van der Waals surface area contributed by atoms with Gasteiger partial charge < -0.3 is 15.2 Å². The number of fused-ring (bicyclic) bond motifs is 3. The molecule has 0 saturated heterocycles. The molecule has 0 bridgehead atoms. The van der Waals surface area contributed by atoms with Crippen molar-refractivity contribution in [1.82, 2.24) is 0 Å². The molecule has 4 nitrogen and oxygen atoms in total. The largest absolute Gasteiger partial charge is 0.507 e. The molecule has 138 valence electrons. The van der Waals surface area contributed by atoms with Gasteiger partial charge in [-0.1, -0.05) is 55.8 Å². The van der Waals surface area contributed by atoms with E-state index in [4.69, 9.17) is 4.74 Å². The average Bonchev–Trinajstić information content (AvgIpc) is 2.68. The molecule has 0 aromatic heterocycles. The number of benzene rings is 3. The number of unbranched alkanes of at least 4 members (excludes halogenated alkanes) is 1. The van der Waals surface area contributed by atoms with Gasteiger partial charge in [-0.2, -0.15) is 0 Å². The van der Waals surface area contributed by atoms with Crippen molar-refractivity contribution in [3.8, 4) is 11.5 Å². The smallest absolute Gasteiger partial charge is 0.225 e. The van der Waals surface area contributed by atoms with Crippen molar-refractivity contribution in [3.63, 3.8) is 0 Å². The lowest BCUT2D eigenvalue weighted by Crippen LogP contribution is -2.24. The number of para-hydroxylation sites is 1. The molecular formula is C23H23NO3. The number of ether oxygens (including phenoxy) is 1. The first-order valence-corrected chi connectivity index (χ1v) is 9.45. The van der Waals surface area contributed by atoms with Crippen molar-refractivity contribution < 1.29 is 14.6 Å². The van der Waals surface area contributed by atoms with Gasteiger partial charge in [-0.05, 0) is 24.1 Å². The maximum atomic E-state index is 12.5.